The van der Waals surface area contributed by atoms with Crippen LogP contribution in [0.15, 0.2) is 47.7 Å². The van der Waals surface area contributed by atoms with Crippen molar-refractivity contribution in [2.24, 2.45) is 16.7 Å². The zero-order chi connectivity index (χ0) is 16.9. The monoisotopic (exact) mass is 313 g/mol. The summed E-state index contributed by atoms with van der Waals surface area (Å²) >= 11 is 0. The highest BCUT2D eigenvalue weighted by molar-refractivity contribution is 5.81. The fraction of sp³-hybridized carbons (Fsp3) is 0.294. The highest BCUT2D eigenvalue weighted by atomic mass is 16.5. The molecular weight excluding hydrogens is 290 g/mol. The minimum atomic E-state index is -0.174. The topological polar surface area (TPSA) is 98.5 Å². The summed E-state index contributed by atoms with van der Waals surface area (Å²) in [5.74, 6) is 7.16. The standard InChI is InChI=1S/C17H23N5O/c1-17(2,11-15(18)22-19)12-5-4-6-13(9-12)21-16-10-14(23-3)7-8-20-16/h4-10H,11,19H2,1-3H3,(H2,18,22)(H,20,21). The Balaban J connectivity index is 2.22. The van der Waals surface area contributed by atoms with Crippen molar-refractivity contribution in [2.75, 3.05) is 12.4 Å². The van der Waals surface area contributed by atoms with Gasteiger partial charge in [0.2, 0.25) is 0 Å². The average Bonchev–Trinajstić information content (AvgIpc) is 2.55. The Morgan fingerprint density at radius 2 is 2.09 bits per heavy atom. The number of benzene rings is 1. The van der Waals surface area contributed by atoms with Crippen LogP contribution >= 0.6 is 0 Å². The van der Waals surface area contributed by atoms with Crippen LogP contribution < -0.4 is 21.6 Å². The van der Waals surface area contributed by atoms with Gasteiger partial charge in [-0.05, 0) is 29.2 Å². The molecule has 23 heavy (non-hydrogen) atoms. The molecule has 0 aliphatic rings. The van der Waals surface area contributed by atoms with Crippen molar-refractivity contribution in [3.8, 4) is 5.75 Å². The summed E-state index contributed by atoms with van der Waals surface area (Å²) in [4.78, 5) is 4.29. The Bertz CT molecular complexity index is 697. The van der Waals surface area contributed by atoms with Gasteiger partial charge in [0.15, 0.2) is 0 Å². The molecule has 6 nitrogen and oxygen atoms in total. The van der Waals surface area contributed by atoms with Gasteiger partial charge in [-0.2, -0.15) is 5.10 Å². The van der Waals surface area contributed by atoms with Crippen molar-refractivity contribution < 1.29 is 4.74 Å². The fourth-order valence-electron chi connectivity index (χ4n) is 2.37. The van der Waals surface area contributed by atoms with Crippen molar-refractivity contribution in [2.45, 2.75) is 25.7 Å². The lowest BCUT2D eigenvalue weighted by Gasteiger charge is -2.25. The minimum Gasteiger partial charge on any atom is -0.497 e. The first-order valence-corrected chi connectivity index (χ1v) is 7.34. The molecule has 0 radical (unpaired) electrons. The summed E-state index contributed by atoms with van der Waals surface area (Å²) in [5, 5.41) is 6.84. The van der Waals surface area contributed by atoms with Gasteiger partial charge in [-0.25, -0.2) is 4.98 Å². The Labute approximate surface area is 136 Å². The van der Waals surface area contributed by atoms with Crippen LogP contribution in [-0.2, 0) is 5.41 Å². The maximum atomic E-state index is 5.78. The molecule has 1 aromatic heterocycles. The molecule has 0 saturated heterocycles. The zero-order valence-electron chi connectivity index (χ0n) is 13.7. The fourth-order valence-corrected chi connectivity index (χ4v) is 2.37. The number of aromatic nitrogens is 1. The smallest absolute Gasteiger partial charge is 0.133 e. The van der Waals surface area contributed by atoms with Crippen LogP contribution in [-0.4, -0.2) is 17.9 Å². The predicted octanol–water partition coefficient (Wildman–Crippen LogP) is 2.73. The van der Waals surface area contributed by atoms with Crippen molar-refractivity contribution in [3.63, 3.8) is 0 Å². The number of nitrogens with zero attached hydrogens (tertiary/aromatic N) is 2. The maximum absolute atomic E-state index is 5.78. The van der Waals surface area contributed by atoms with Gasteiger partial charge < -0.3 is 21.6 Å². The number of nitrogens with two attached hydrogens (primary N) is 2. The Morgan fingerprint density at radius 1 is 1.30 bits per heavy atom. The molecule has 0 unspecified atom stereocenters. The Morgan fingerprint density at radius 3 is 2.78 bits per heavy atom. The van der Waals surface area contributed by atoms with Crippen LogP contribution in [0.3, 0.4) is 0 Å². The maximum Gasteiger partial charge on any atom is 0.133 e. The molecule has 2 aromatic rings. The summed E-state index contributed by atoms with van der Waals surface area (Å²) < 4.78 is 5.21. The highest BCUT2D eigenvalue weighted by Gasteiger charge is 2.22. The number of rotatable bonds is 6. The molecule has 0 bridgehead atoms. The third-order valence-electron chi connectivity index (χ3n) is 3.67. The van der Waals surface area contributed by atoms with Crippen LogP contribution in [0.25, 0.3) is 0 Å². The van der Waals surface area contributed by atoms with Gasteiger partial charge >= 0.3 is 0 Å². The van der Waals surface area contributed by atoms with E-state index in [4.69, 9.17) is 16.3 Å². The number of nitrogens with one attached hydrogen (secondary N) is 1. The van der Waals surface area contributed by atoms with Crippen molar-refractivity contribution >= 4 is 17.3 Å². The van der Waals surface area contributed by atoms with E-state index < -0.39 is 0 Å². The zero-order valence-corrected chi connectivity index (χ0v) is 13.7. The lowest BCUT2D eigenvalue weighted by molar-refractivity contribution is 0.414. The van der Waals surface area contributed by atoms with E-state index in [1.54, 1.807) is 19.4 Å². The summed E-state index contributed by atoms with van der Waals surface area (Å²) in [6, 6.07) is 11.8. The van der Waals surface area contributed by atoms with Gasteiger partial charge in [-0.15, -0.1) is 0 Å². The molecule has 0 saturated carbocycles. The number of methoxy groups -OCH3 is 1. The minimum absolute atomic E-state index is 0.174. The number of pyridine rings is 1. The van der Waals surface area contributed by atoms with E-state index in [2.05, 4.69) is 41.4 Å². The number of hydrogen-bond donors (Lipinski definition) is 3. The van der Waals surface area contributed by atoms with E-state index in [-0.39, 0.29) is 5.41 Å². The van der Waals surface area contributed by atoms with Crippen molar-refractivity contribution in [3.05, 3.63) is 48.2 Å². The number of anilines is 2. The molecule has 2 rings (SSSR count). The van der Waals surface area contributed by atoms with Gasteiger partial charge in [-0.1, -0.05) is 26.0 Å². The second-order valence-electron chi connectivity index (χ2n) is 5.97. The molecular formula is C17H23N5O. The quantitative estimate of drug-likeness (QED) is 0.330. The summed E-state index contributed by atoms with van der Waals surface area (Å²) in [7, 11) is 1.63. The SMILES string of the molecule is COc1ccnc(Nc2cccc(C(C)(C)C/C(N)=N/N)c2)c1. The molecule has 0 fully saturated rings. The predicted molar refractivity (Wildman–Crippen MR) is 94.0 cm³/mol. The van der Waals surface area contributed by atoms with Gasteiger partial charge in [0.1, 0.15) is 17.4 Å². The Kier molecular flexibility index (Phi) is 5.05. The number of ether oxygens (including phenoxy) is 1. The van der Waals surface area contributed by atoms with Crippen LogP contribution in [0, 0.1) is 0 Å². The van der Waals surface area contributed by atoms with Crippen LogP contribution in [0.4, 0.5) is 11.5 Å². The number of hydrazone groups is 1. The van der Waals surface area contributed by atoms with Crippen molar-refractivity contribution in [1.82, 2.24) is 4.98 Å². The highest BCUT2D eigenvalue weighted by Crippen LogP contribution is 2.29. The lowest BCUT2D eigenvalue weighted by atomic mass is 9.81. The molecule has 0 aliphatic carbocycles. The molecule has 6 heteroatoms. The van der Waals surface area contributed by atoms with Gasteiger partial charge in [0, 0.05) is 24.4 Å². The molecule has 1 aromatic carbocycles. The summed E-state index contributed by atoms with van der Waals surface area (Å²) in [6.07, 6.45) is 2.29. The van der Waals surface area contributed by atoms with E-state index in [9.17, 15) is 0 Å². The first-order valence-electron chi connectivity index (χ1n) is 7.34. The number of hydrogen-bond acceptors (Lipinski definition) is 5. The van der Waals surface area contributed by atoms with E-state index in [0.29, 0.717) is 12.3 Å². The molecule has 5 N–H and O–H groups in total. The second-order valence-corrected chi connectivity index (χ2v) is 5.97. The lowest BCUT2D eigenvalue weighted by Crippen LogP contribution is -2.27. The summed E-state index contributed by atoms with van der Waals surface area (Å²) in [5.41, 5.74) is 7.68. The first-order chi connectivity index (χ1) is 10.9. The van der Waals surface area contributed by atoms with E-state index >= 15 is 0 Å². The van der Waals surface area contributed by atoms with E-state index in [0.717, 1.165) is 22.8 Å². The second kappa shape index (κ2) is 7.00. The van der Waals surface area contributed by atoms with Gasteiger partial charge in [-0.3, -0.25) is 0 Å². The summed E-state index contributed by atoms with van der Waals surface area (Å²) in [6.45, 7) is 4.21. The molecule has 0 aliphatic heterocycles. The average molecular weight is 313 g/mol. The van der Waals surface area contributed by atoms with Crippen LogP contribution in [0.1, 0.15) is 25.8 Å². The molecule has 0 amide bonds. The molecule has 0 spiro atoms. The first kappa shape index (κ1) is 16.6. The molecule has 1 heterocycles. The molecule has 0 atom stereocenters. The normalized spacial score (nSPS) is 12.0. The third-order valence-corrected chi connectivity index (χ3v) is 3.67. The van der Waals surface area contributed by atoms with Gasteiger partial charge in [0.25, 0.3) is 0 Å². The van der Waals surface area contributed by atoms with Gasteiger partial charge in [0.05, 0.1) is 7.11 Å². The van der Waals surface area contributed by atoms with E-state index in [1.807, 2.05) is 18.2 Å². The van der Waals surface area contributed by atoms with Crippen LogP contribution in [0.2, 0.25) is 0 Å². The molecule has 122 valence electrons. The largest absolute Gasteiger partial charge is 0.497 e. The third kappa shape index (κ3) is 4.35. The van der Waals surface area contributed by atoms with Crippen molar-refractivity contribution in [1.29, 1.82) is 0 Å². The Hall–Kier alpha value is -2.76. The van der Waals surface area contributed by atoms with Crippen LogP contribution in [0.5, 0.6) is 5.75 Å². The number of amidine groups is 1. The van der Waals surface area contributed by atoms with E-state index in [1.165, 1.54) is 0 Å².